The van der Waals surface area contributed by atoms with E-state index in [4.69, 9.17) is 0 Å². The Morgan fingerprint density at radius 3 is 2.94 bits per heavy atom. The number of anilines is 1. The van der Waals surface area contributed by atoms with Crippen molar-refractivity contribution in [1.29, 1.82) is 0 Å². The van der Waals surface area contributed by atoms with Crippen molar-refractivity contribution >= 4 is 16.6 Å². The van der Waals surface area contributed by atoms with E-state index >= 15 is 0 Å². The molecular formula is C11H17N3OS. The Labute approximate surface area is 98.3 Å². The van der Waals surface area contributed by atoms with Gasteiger partial charge in [0.25, 0.3) is 0 Å². The minimum atomic E-state index is -0.924. The Kier molecular flexibility index (Phi) is 3.23. The van der Waals surface area contributed by atoms with Crippen LogP contribution in [-0.2, 0) is 17.2 Å². The molecule has 1 aliphatic rings. The van der Waals surface area contributed by atoms with Crippen LogP contribution in [0.1, 0.15) is 31.8 Å². The fourth-order valence-electron chi connectivity index (χ4n) is 1.75. The SMILES string of the molecule is CCC(C)Nc1nc(C)nc2c1S(=O)CC2. The summed E-state index contributed by atoms with van der Waals surface area (Å²) in [6, 6.07) is 0.344. The Morgan fingerprint density at radius 1 is 1.50 bits per heavy atom. The van der Waals surface area contributed by atoms with Gasteiger partial charge < -0.3 is 5.32 Å². The average molecular weight is 239 g/mol. The predicted octanol–water partition coefficient (Wildman–Crippen LogP) is 1.66. The van der Waals surface area contributed by atoms with E-state index in [2.05, 4.69) is 29.1 Å². The van der Waals surface area contributed by atoms with Gasteiger partial charge in [0.15, 0.2) is 0 Å². The first-order valence-corrected chi connectivity index (χ1v) is 6.96. The third-order valence-electron chi connectivity index (χ3n) is 2.79. The molecule has 0 aromatic carbocycles. The number of fused-ring (bicyclic) bond motifs is 1. The molecule has 1 N–H and O–H groups in total. The van der Waals surface area contributed by atoms with Crippen molar-refractivity contribution in [2.24, 2.45) is 0 Å². The van der Waals surface area contributed by atoms with E-state index in [0.29, 0.717) is 11.8 Å². The predicted molar refractivity (Wildman–Crippen MR) is 65.1 cm³/mol. The molecule has 1 aliphatic heterocycles. The van der Waals surface area contributed by atoms with Gasteiger partial charge in [-0.1, -0.05) is 6.92 Å². The number of hydrogen-bond donors (Lipinski definition) is 1. The molecule has 4 nitrogen and oxygen atoms in total. The van der Waals surface area contributed by atoms with Crippen molar-refractivity contribution in [3.63, 3.8) is 0 Å². The average Bonchev–Trinajstić information content (AvgIpc) is 2.60. The van der Waals surface area contributed by atoms with Gasteiger partial charge in [0.05, 0.1) is 16.5 Å². The van der Waals surface area contributed by atoms with Crippen molar-refractivity contribution in [3.05, 3.63) is 11.5 Å². The van der Waals surface area contributed by atoms with Crippen LogP contribution in [0.2, 0.25) is 0 Å². The van der Waals surface area contributed by atoms with Crippen LogP contribution in [0.5, 0.6) is 0 Å². The summed E-state index contributed by atoms with van der Waals surface area (Å²) in [5.41, 5.74) is 0.955. The van der Waals surface area contributed by atoms with E-state index in [9.17, 15) is 4.21 Å². The number of rotatable bonds is 3. The topological polar surface area (TPSA) is 54.9 Å². The van der Waals surface area contributed by atoms with Crippen LogP contribution < -0.4 is 5.32 Å². The minimum Gasteiger partial charge on any atom is -0.367 e. The molecule has 0 fully saturated rings. The van der Waals surface area contributed by atoms with Gasteiger partial charge in [-0.25, -0.2) is 9.97 Å². The van der Waals surface area contributed by atoms with E-state index in [1.807, 2.05) is 6.92 Å². The Bertz CT molecular complexity index is 433. The molecule has 16 heavy (non-hydrogen) atoms. The molecule has 0 saturated heterocycles. The van der Waals surface area contributed by atoms with Gasteiger partial charge in [0.2, 0.25) is 0 Å². The molecular weight excluding hydrogens is 222 g/mol. The highest BCUT2D eigenvalue weighted by Crippen LogP contribution is 2.28. The van der Waals surface area contributed by atoms with E-state index in [1.165, 1.54) is 0 Å². The van der Waals surface area contributed by atoms with Crippen LogP contribution in [0.3, 0.4) is 0 Å². The second-order valence-corrected chi connectivity index (χ2v) is 5.66. The summed E-state index contributed by atoms with van der Waals surface area (Å²) in [5.74, 6) is 2.21. The maximum absolute atomic E-state index is 11.9. The maximum Gasteiger partial charge on any atom is 0.146 e. The summed E-state index contributed by atoms with van der Waals surface area (Å²) in [6.45, 7) is 6.09. The number of nitrogens with one attached hydrogen (secondary N) is 1. The van der Waals surface area contributed by atoms with Crippen molar-refractivity contribution in [2.45, 2.75) is 44.6 Å². The van der Waals surface area contributed by atoms with Crippen LogP contribution in [0.4, 0.5) is 5.82 Å². The van der Waals surface area contributed by atoms with Crippen LogP contribution in [0.15, 0.2) is 4.90 Å². The van der Waals surface area contributed by atoms with Gasteiger partial charge in [-0.2, -0.15) is 0 Å². The highest BCUT2D eigenvalue weighted by Gasteiger charge is 2.25. The second kappa shape index (κ2) is 4.49. The lowest BCUT2D eigenvalue weighted by atomic mass is 10.2. The molecule has 0 aliphatic carbocycles. The lowest BCUT2D eigenvalue weighted by molar-refractivity contribution is 0.684. The van der Waals surface area contributed by atoms with Gasteiger partial charge in [-0.05, 0) is 20.3 Å². The molecule has 0 amide bonds. The van der Waals surface area contributed by atoms with Crippen LogP contribution in [-0.4, -0.2) is 26.0 Å². The molecule has 0 spiro atoms. The molecule has 1 aromatic heterocycles. The highest BCUT2D eigenvalue weighted by atomic mass is 32.2. The summed E-state index contributed by atoms with van der Waals surface area (Å²) in [5, 5.41) is 3.32. The lowest BCUT2D eigenvalue weighted by Gasteiger charge is -2.14. The van der Waals surface area contributed by atoms with Gasteiger partial charge in [0, 0.05) is 18.2 Å². The van der Waals surface area contributed by atoms with Crippen molar-refractivity contribution < 1.29 is 4.21 Å². The largest absolute Gasteiger partial charge is 0.367 e. The summed E-state index contributed by atoms with van der Waals surface area (Å²) >= 11 is 0. The standard InChI is InChI=1S/C11H17N3OS/c1-4-7(2)12-11-10-9(5-6-16(10)15)13-8(3)14-11/h7H,4-6H2,1-3H3,(H,12,13,14). The van der Waals surface area contributed by atoms with Gasteiger partial charge in [-0.3, -0.25) is 4.21 Å². The normalized spacial score (nSPS) is 20.6. The smallest absolute Gasteiger partial charge is 0.146 e. The highest BCUT2D eigenvalue weighted by molar-refractivity contribution is 7.85. The fraction of sp³-hybridized carbons (Fsp3) is 0.636. The van der Waals surface area contributed by atoms with E-state index in [0.717, 1.165) is 35.1 Å². The molecule has 88 valence electrons. The molecule has 0 saturated carbocycles. The summed E-state index contributed by atoms with van der Waals surface area (Å²) < 4.78 is 11.9. The third kappa shape index (κ3) is 2.09. The maximum atomic E-state index is 11.9. The molecule has 2 rings (SSSR count). The second-order valence-electron chi connectivity index (χ2n) is 4.15. The molecule has 0 bridgehead atoms. The van der Waals surface area contributed by atoms with Crippen molar-refractivity contribution in [3.8, 4) is 0 Å². The van der Waals surface area contributed by atoms with E-state index < -0.39 is 10.8 Å². The van der Waals surface area contributed by atoms with Gasteiger partial charge in [-0.15, -0.1) is 0 Å². The molecule has 2 heterocycles. The van der Waals surface area contributed by atoms with Crippen LogP contribution in [0, 0.1) is 6.92 Å². The first-order chi connectivity index (χ1) is 7.61. The molecule has 2 atom stereocenters. The molecule has 0 radical (unpaired) electrons. The van der Waals surface area contributed by atoms with Gasteiger partial charge >= 0.3 is 0 Å². The quantitative estimate of drug-likeness (QED) is 0.871. The Morgan fingerprint density at radius 2 is 2.25 bits per heavy atom. The van der Waals surface area contributed by atoms with E-state index in [-0.39, 0.29) is 0 Å². The van der Waals surface area contributed by atoms with Crippen molar-refractivity contribution in [2.75, 3.05) is 11.1 Å². The summed E-state index contributed by atoms with van der Waals surface area (Å²) in [7, 11) is -0.924. The molecule has 5 heteroatoms. The zero-order valence-corrected chi connectivity index (χ0v) is 10.7. The lowest BCUT2D eigenvalue weighted by Crippen LogP contribution is -2.17. The molecule has 1 aromatic rings. The number of aryl methyl sites for hydroxylation is 2. The monoisotopic (exact) mass is 239 g/mol. The first kappa shape index (κ1) is 11.5. The summed E-state index contributed by atoms with van der Waals surface area (Å²) in [6.07, 6.45) is 1.82. The zero-order chi connectivity index (χ0) is 11.7. The number of aromatic nitrogens is 2. The number of nitrogens with zero attached hydrogens (tertiary/aromatic N) is 2. The molecule has 2 unspecified atom stereocenters. The van der Waals surface area contributed by atoms with Gasteiger partial charge in [0.1, 0.15) is 16.5 Å². The summed E-state index contributed by atoms with van der Waals surface area (Å²) in [4.78, 5) is 9.55. The van der Waals surface area contributed by atoms with Crippen molar-refractivity contribution in [1.82, 2.24) is 9.97 Å². The third-order valence-corrected chi connectivity index (χ3v) is 4.25. The number of hydrogen-bond acceptors (Lipinski definition) is 4. The minimum absolute atomic E-state index is 0.344. The zero-order valence-electron chi connectivity index (χ0n) is 9.91. The van der Waals surface area contributed by atoms with Crippen LogP contribution >= 0.6 is 0 Å². The van der Waals surface area contributed by atoms with Crippen LogP contribution in [0.25, 0.3) is 0 Å². The Hall–Kier alpha value is -0.970. The Balaban J connectivity index is 2.40. The van der Waals surface area contributed by atoms with E-state index in [1.54, 1.807) is 0 Å². The first-order valence-electron chi connectivity index (χ1n) is 5.64. The fourth-order valence-corrected chi connectivity index (χ4v) is 3.07.